The molecule has 34 heavy (non-hydrogen) atoms. The first-order valence-corrected chi connectivity index (χ1v) is 12.6. The van der Waals surface area contributed by atoms with Crippen molar-refractivity contribution < 1.29 is 9.47 Å². The Morgan fingerprint density at radius 1 is 0.618 bits per heavy atom. The van der Waals surface area contributed by atoms with Gasteiger partial charge in [0.15, 0.2) is 0 Å². The fourth-order valence-corrected chi connectivity index (χ4v) is 5.04. The number of ether oxygens (including phenoxy) is 2. The van der Waals surface area contributed by atoms with Crippen LogP contribution in [0.1, 0.15) is 78.4 Å². The van der Waals surface area contributed by atoms with Gasteiger partial charge in [-0.15, -0.1) is 0 Å². The van der Waals surface area contributed by atoms with Crippen LogP contribution in [0.5, 0.6) is 11.5 Å². The van der Waals surface area contributed by atoms with Gasteiger partial charge in [-0.1, -0.05) is 12.2 Å². The number of benzene rings is 2. The van der Waals surface area contributed by atoms with E-state index in [1.165, 1.54) is 33.6 Å². The molecule has 0 saturated carbocycles. The summed E-state index contributed by atoms with van der Waals surface area (Å²) in [6.07, 6.45) is 8.96. The second-order valence-electron chi connectivity index (χ2n) is 10.9. The van der Waals surface area contributed by atoms with E-state index >= 15 is 0 Å². The molecule has 0 fully saturated rings. The topological polar surface area (TPSA) is 42.5 Å². The van der Waals surface area contributed by atoms with Crippen molar-refractivity contribution >= 4 is 22.5 Å². The lowest BCUT2D eigenvalue weighted by Crippen LogP contribution is -2.31. The van der Waals surface area contributed by atoms with E-state index in [9.17, 15) is 0 Å². The van der Waals surface area contributed by atoms with Crippen LogP contribution in [0, 0.1) is 0 Å². The Kier molecular flexibility index (Phi) is 6.97. The first-order chi connectivity index (χ1) is 16.1. The molecule has 2 aromatic rings. The van der Waals surface area contributed by atoms with Gasteiger partial charge in [-0.2, -0.15) is 0 Å². The highest BCUT2D eigenvalue weighted by Crippen LogP contribution is 2.37. The predicted octanol–water partition coefficient (Wildman–Crippen LogP) is 7.92. The van der Waals surface area contributed by atoms with Gasteiger partial charge in [-0.3, -0.25) is 0 Å². The molecule has 0 unspecified atom stereocenters. The number of hydrogen-bond donors (Lipinski definition) is 2. The molecule has 0 atom stereocenters. The van der Waals surface area contributed by atoms with Crippen LogP contribution in [-0.2, 0) is 0 Å². The minimum absolute atomic E-state index is 0.00647. The van der Waals surface area contributed by atoms with E-state index in [0.717, 1.165) is 50.4 Å². The molecule has 0 spiro atoms. The summed E-state index contributed by atoms with van der Waals surface area (Å²) in [6.45, 7) is 14.6. The SMILES string of the molecule is CC1=CC(C)(C)Nc2ccc(OCCCCCCOc3ccc4c(c3)C(C)=CC(C)(C)N4)cc21. The van der Waals surface area contributed by atoms with E-state index < -0.39 is 0 Å². The molecule has 2 aliphatic heterocycles. The molecule has 0 aromatic heterocycles. The summed E-state index contributed by atoms with van der Waals surface area (Å²) < 4.78 is 12.1. The van der Waals surface area contributed by atoms with Gasteiger partial charge < -0.3 is 20.1 Å². The Morgan fingerprint density at radius 2 is 1.03 bits per heavy atom. The van der Waals surface area contributed by atoms with E-state index in [2.05, 4.69) is 101 Å². The van der Waals surface area contributed by atoms with Crippen molar-refractivity contribution in [1.82, 2.24) is 0 Å². The Morgan fingerprint density at radius 3 is 1.44 bits per heavy atom. The maximum absolute atomic E-state index is 6.03. The lowest BCUT2D eigenvalue weighted by molar-refractivity contribution is 0.287. The fraction of sp³-hybridized carbons (Fsp3) is 0.467. The number of unbranched alkanes of at least 4 members (excludes halogenated alkanes) is 3. The summed E-state index contributed by atoms with van der Waals surface area (Å²) in [7, 11) is 0. The number of fused-ring (bicyclic) bond motifs is 2. The van der Waals surface area contributed by atoms with Gasteiger partial charge in [0.05, 0.1) is 24.3 Å². The minimum atomic E-state index is -0.00647. The molecule has 4 heteroatoms. The zero-order chi connectivity index (χ0) is 24.3. The van der Waals surface area contributed by atoms with Gasteiger partial charge in [0.2, 0.25) is 0 Å². The Hall–Kier alpha value is -2.88. The summed E-state index contributed by atoms with van der Waals surface area (Å²) in [5.41, 5.74) is 7.43. The van der Waals surface area contributed by atoms with Crippen molar-refractivity contribution in [1.29, 1.82) is 0 Å². The smallest absolute Gasteiger partial charge is 0.120 e. The van der Waals surface area contributed by atoms with Crippen molar-refractivity contribution in [3.8, 4) is 11.5 Å². The van der Waals surface area contributed by atoms with Crippen LogP contribution < -0.4 is 20.1 Å². The average Bonchev–Trinajstić information content (AvgIpc) is 2.75. The maximum atomic E-state index is 6.03. The van der Waals surface area contributed by atoms with Crippen molar-refractivity contribution in [2.24, 2.45) is 0 Å². The monoisotopic (exact) mass is 460 g/mol. The number of anilines is 2. The molecule has 4 rings (SSSR count). The molecule has 2 aliphatic rings. The second-order valence-corrected chi connectivity index (χ2v) is 10.9. The normalized spacial score (nSPS) is 17.4. The molecule has 2 N–H and O–H groups in total. The van der Waals surface area contributed by atoms with Crippen LogP contribution >= 0.6 is 0 Å². The van der Waals surface area contributed by atoms with E-state index in [1.54, 1.807) is 0 Å². The lowest BCUT2D eigenvalue weighted by Gasteiger charge is -2.31. The molecule has 2 aromatic carbocycles. The molecule has 0 aliphatic carbocycles. The first kappa shape index (κ1) is 24.3. The van der Waals surface area contributed by atoms with Gasteiger partial charge >= 0.3 is 0 Å². The molecule has 182 valence electrons. The standard InChI is InChI=1S/C30H40N2O2/c1-21-19-29(3,4)31-27-13-11-23(17-25(21)27)33-15-9-7-8-10-16-34-24-12-14-28-26(18-24)22(2)20-30(5,6)32-28/h11-14,17-20,31-32H,7-10,15-16H2,1-6H3. The number of nitrogens with one attached hydrogen (secondary N) is 2. The molecule has 0 amide bonds. The third-order valence-electron chi connectivity index (χ3n) is 6.48. The van der Waals surface area contributed by atoms with E-state index in [0.29, 0.717) is 0 Å². The van der Waals surface area contributed by atoms with Crippen LogP contribution in [0.25, 0.3) is 11.1 Å². The van der Waals surface area contributed by atoms with Gasteiger partial charge in [-0.25, -0.2) is 0 Å². The van der Waals surface area contributed by atoms with E-state index in [-0.39, 0.29) is 11.1 Å². The predicted molar refractivity (Wildman–Crippen MR) is 145 cm³/mol. The fourth-order valence-electron chi connectivity index (χ4n) is 5.04. The van der Waals surface area contributed by atoms with Crippen molar-refractivity contribution in [2.45, 2.75) is 78.3 Å². The highest BCUT2D eigenvalue weighted by atomic mass is 16.5. The van der Waals surface area contributed by atoms with Crippen molar-refractivity contribution in [3.05, 3.63) is 59.7 Å². The summed E-state index contributed by atoms with van der Waals surface area (Å²) in [6, 6.07) is 12.7. The van der Waals surface area contributed by atoms with Gasteiger partial charge in [-0.05, 0) is 115 Å². The highest BCUT2D eigenvalue weighted by molar-refractivity contribution is 5.81. The highest BCUT2D eigenvalue weighted by Gasteiger charge is 2.23. The summed E-state index contributed by atoms with van der Waals surface area (Å²) >= 11 is 0. The Bertz CT molecular complexity index is 1010. The summed E-state index contributed by atoms with van der Waals surface area (Å²) in [5.74, 6) is 1.90. The number of allylic oxidation sites excluding steroid dienone is 2. The van der Waals surface area contributed by atoms with Crippen molar-refractivity contribution in [2.75, 3.05) is 23.8 Å². The van der Waals surface area contributed by atoms with Crippen molar-refractivity contribution in [3.63, 3.8) is 0 Å². The molecule has 2 heterocycles. The zero-order valence-corrected chi connectivity index (χ0v) is 21.7. The molecule has 0 bridgehead atoms. The zero-order valence-electron chi connectivity index (χ0n) is 21.7. The molecular formula is C30H40N2O2. The molecule has 0 radical (unpaired) electrons. The Balaban J connectivity index is 1.15. The van der Waals surface area contributed by atoms with Crippen LogP contribution in [0.15, 0.2) is 48.6 Å². The second kappa shape index (κ2) is 9.77. The largest absolute Gasteiger partial charge is 0.494 e. The molecular weight excluding hydrogens is 420 g/mol. The first-order valence-electron chi connectivity index (χ1n) is 12.6. The van der Waals surface area contributed by atoms with Crippen LogP contribution in [0.4, 0.5) is 11.4 Å². The van der Waals surface area contributed by atoms with E-state index in [4.69, 9.17) is 9.47 Å². The van der Waals surface area contributed by atoms with Crippen LogP contribution in [0.2, 0.25) is 0 Å². The van der Waals surface area contributed by atoms with E-state index in [1.807, 2.05) is 0 Å². The lowest BCUT2D eigenvalue weighted by atomic mass is 9.91. The summed E-state index contributed by atoms with van der Waals surface area (Å²) in [4.78, 5) is 0. The van der Waals surface area contributed by atoms with Crippen LogP contribution in [0.3, 0.4) is 0 Å². The minimum Gasteiger partial charge on any atom is -0.494 e. The number of hydrogen-bond acceptors (Lipinski definition) is 4. The quantitative estimate of drug-likeness (QED) is 0.373. The number of rotatable bonds is 9. The van der Waals surface area contributed by atoms with Gasteiger partial charge in [0.25, 0.3) is 0 Å². The Labute approximate surface area is 205 Å². The maximum Gasteiger partial charge on any atom is 0.120 e. The average molecular weight is 461 g/mol. The summed E-state index contributed by atoms with van der Waals surface area (Å²) in [5, 5.41) is 7.14. The van der Waals surface area contributed by atoms with Gasteiger partial charge in [0.1, 0.15) is 11.5 Å². The van der Waals surface area contributed by atoms with Gasteiger partial charge in [0, 0.05) is 22.5 Å². The van der Waals surface area contributed by atoms with Crippen LogP contribution in [-0.4, -0.2) is 24.3 Å². The molecule has 4 nitrogen and oxygen atoms in total. The third kappa shape index (κ3) is 5.97. The molecule has 0 saturated heterocycles. The third-order valence-corrected chi connectivity index (χ3v) is 6.48.